The van der Waals surface area contributed by atoms with Gasteiger partial charge in [-0.15, -0.1) is 10.2 Å². The lowest BCUT2D eigenvalue weighted by molar-refractivity contribution is -0.134. The Kier molecular flexibility index (Phi) is 7.23. The minimum Gasteiger partial charge on any atom is -0.356 e. The third-order valence-electron chi connectivity index (χ3n) is 6.82. The quantitative estimate of drug-likeness (QED) is 0.421. The second kappa shape index (κ2) is 10.3. The Morgan fingerprint density at radius 2 is 1.97 bits per heavy atom. The first-order chi connectivity index (χ1) is 14.7. The van der Waals surface area contributed by atoms with Crippen LogP contribution in [0.5, 0.6) is 0 Å². The van der Waals surface area contributed by atoms with E-state index >= 15 is 0 Å². The number of amides is 1. The third-order valence-corrected chi connectivity index (χ3v) is 6.82. The minimum absolute atomic E-state index is 0.272. The molecule has 8 nitrogen and oxygen atoms in total. The predicted octanol–water partition coefficient (Wildman–Crippen LogP) is 1.89. The van der Waals surface area contributed by atoms with E-state index < -0.39 is 0 Å². The summed E-state index contributed by atoms with van der Waals surface area (Å²) in [5.74, 6) is 3.75. The van der Waals surface area contributed by atoms with Crippen LogP contribution in [-0.4, -0.2) is 64.3 Å². The largest absolute Gasteiger partial charge is 0.356 e. The van der Waals surface area contributed by atoms with Crippen molar-refractivity contribution in [3.8, 4) is 0 Å². The van der Waals surface area contributed by atoms with Crippen molar-refractivity contribution in [1.82, 2.24) is 30.3 Å². The molecule has 4 rings (SSSR count). The molecular weight excluding hydrogens is 378 g/mol. The average molecular weight is 416 g/mol. The molecule has 0 bridgehead atoms. The second-order valence-corrected chi connectivity index (χ2v) is 8.99. The number of rotatable bonds is 6. The molecule has 1 aromatic heterocycles. The summed E-state index contributed by atoms with van der Waals surface area (Å²) in [7, 11) is 1.81. The van der Waals surface area contributed by atoms with Gasteiger partial charge in [0.15, 0.2) is 5.96 Å². The van der Waals surface area contributed by atoms with Crippen LogP contribution in [0.3, 0.4) is 0 Å². The fourth-order valence-electron chi connectivity index (χ4n) is 5.08. The van der Waals surface area contributed by atoms with E-state index in [0.29, 0.717) is 5.91 Å². The van der Waals surface area contributed by atoms with Crippen LogP contribution >= 0.6 is 0 Å². The number of carbonyl (C=O) groups excluding carboxylic acids is 1. The van der Waals surface area contributed by atoms with Crippen LogP contribution in [0.4, 0.5) is 0 Å². The van der Waals surface area contributed by atoms with Crippen molar-refractivity contribution in [3.63, 3.8) is 0 Å². The van der Waals surface area contributed by atoms with Gasteiger partial charge in [0.2, 0.25) is 5.91 Å². The van der Waals surface area contributed by atoms with Crippen LogP contribution in [0.15, 0.2) is 4.99 Å². The highest BCUT2D eigenvalue weighted by Gasteiger charge is 2.32. The number of nitrogens with zero attached hydrogens (tertiary/aromatic N) is 5. The van der Waals surface area contributed by atoms with Gasteiger partial charge in [-0.1, -0.05) is 19.3 Å². The summed E-state index contributed by atoms with van der Waals surface area (Å²) in [6.07, 6.45) is 12.3. The molecular formula is C22H37N7O. The topological polar surface area (TPSA) is 87.4 Å². The molecule has 8 heteroatoms. The van der Waals surface area contributed by atoms with E-state index in [9.17, 15) is 4.79 Å². The van der Waals surface area contributed by atoms with Crippen molar-refractivity contribution in [1.29, 1.82) is 0 Å². The highest BCUT2D eigenvalue weighted by Crippen LogP contribution is 2.27. The Balaban J connectivity index is 1.18. The molecule has 1 aliphatic carbocycles. The normalized spacial score (nSPS) is 22.8. The summed E-state index contributed by atoms with van der Waals surface area (Å²) in [5, 5.41) is 15.7. The first-order valence-corrected chi connectivity index (χ1v) is 11.9. The fraction of sp³-hybridized carbons (Fsp3) is 0.818. The van der Waals surface area contributed by atoms with E-state index in [1.165, 1.54) is 32.1 Å². The zero-order chi connectivity index (χ0) is 20.8. The molecule has 1 saturated heterocycles. The Bertz CT molecular complexity index is 738. The number of hydrogen-bond donors (Lipinski definition) is 2. The zero-order valence-corrected chi connectivity index (χ0v) is 18.4. The Hall–Kier alpha value is -2.12. The summed E-state index contributed by atoms with van der Waals surface area (Å²) in [6.45, 7) is 3.56. The van der Waals surface area contributed by atoms with Gasteiger partial charge in [0.25, 0.3) is 0 Å². The molecule has 0 aromatic carbocycles. The maximum absolute atomic E-state index is 12.6. The van der Waals surface area contributed by atoms with Gasteiger partial charge >= 0.3 is 0 Å². The summed E-state index contributed by atoms with van der Waals surface area (Å²) < 4.78 is 2.33. The van der Waals surface area contributed by atoms with Crippen molar-refractivity contribution in [2.75, 3.05) is 26.7 Å². The number of hydrogen-bond acceptors (Lipinski definition) is 4. The van der Waals surface area contributed by atoms with Gasteiger partial charge in [0.1, 0.15) is 11.6 Å². The first kappa shape index (κ1) is 21.1. The van der Waals surface area contributed by atoms with E-state index in [0.717, 1.165) is 82.3 Å². The minimum atomic E-state index is 0.272. The smallest absolute Gasteiger partial charge is 0.225 e. The summed E-state index contributed by atoms with van der Waals surface area (Å²) in [6, 6.07) is 0.286. The Morgan fingerprint density at radius 3 is 2.80 bits per heavy atom. The van der Waals surface area contributed by atoms with Gasteiger partial charge in [0.05, 0.1) is 0 Å². The van der Waals surface area contributed by atoms with Gasteiger partial charge in [-0.05, 0) is 38.5 Å². The molecule has 2 N–H and O–H groups in total. The molecule has 2 aliphatic heterocycles. The van der Waals surface area contributed by atoms with E-state index in [1.807, 2.05) is 7.05 Å². The lowest BCUT2D eigenvalue weighted by Crippen LogP contribution is -2.45. The Morgan fingerprint density at radius 1 is 1.10 bits per heavy atom. The molecule has 1 aromatic rings. The molecule has 166 valence electrons. The molecule has 1 saturated carbocycles. The molecule has 2 fully saturated rings. The second-order valence-electron chi connectivity index (χ2n) is 8.99. The van der Waals surface area contributed by atoms with Crippen molar-refractivity contribution in [3.05, 3.63) is 11.6 Å². The average Bonchev–Trinajstić information content (AvgIpc) is 3.49. The lowest BCUT2D eigenvalue weighted by atomic mass is 10.1. The monoisotopic (exact) mass is 415 g/mol. The number of fused-ring (bicyclic) bond motifs is 1. The van der Waals surface area contributed by atoms with E-state index in [1.54, 1.807) is 0 Å². The van der Waals surface area contributed by atoms with Gasteiger partial charge < -0.3 is 20.1 Å². The maximum Gasteiger partial charge on any atom is 0.225 e. The highest BCUT2D eigenvalue weighted by atomic mass is 16.2. The molecule has 1 atom stereocenters. The summed E-state index contributed by atoms with van der Waals surface area (Å²) in [4.78, 5) is 19.1. The molecule has 0 spiro atoms. The number of aryl methyl sites for hydroxylation is 2. The van der Waals surface area contributed by atoms with Crippen LogP contribution in [0, 0.1) is 5.92 Å². The maximum atomic E-state index is 12.6. The van der Waals surface area contributed by atoms with Crippen molar-refractivity contribution in [2.24, 2.45) is 10.9 Å². The van der Waals surface area contributed by atoms with E-state index in [2.05, 4.69) is 35.3 Å². The van der Waals surface area contributed by atoms with Gasteiger partial charge in [0, 0.05) is 58.0 Å². The number of nitrogens with one attached hydrogen (secondary N) is 2. The van der Waals surface area contributed by atoms with Crippen LogP contribution in [0.2, 0.25) is 0 Å². The molecule has 0 radical (unpaired) electrons. The Labute approximate surface area is 179 Å². The van der Waals surface area contributed by atoms with Crippen LogP contribution in [0.25, 0.3) is 0 Å². The number of likely N-dealkylation sites (tertiary alicyclic amines) is 1. The van der Waals surface area contributed by atoms with Crippen LogP contribution in [0.1, 0.15) is 69.4 Å². The summed E-state index contributed by atoms with van der Waals surface area (Å²) >= 11 is 0. The number of carbonyl (C=O) groups is 1. The van der Waals surface area contributed by atoms with E-state index in [-0.39, 0.29) is 12.0 Å². The molecule has 3 aliphatic rings. The van der Waals surface area contributed by atoms with Crippen molar-refractivity contribution in [2.45, 2.75) is 83.2 Å². The fourth-order valence-corrected chi connectivity index (χ4v) is 5.08. The zero-order valence-electron chi connectivity index (χ0n) is 18.4. The highest BCUT2D eigenvalue weighted by molar-refractivity contribution is 5.81. The molecule has 1 unspecified atom stereocenters. The summed E-state index contributed by atoms with van der Waals surface area (Å²) in [5.41, 5.74) is 0. The van der Waals surface area contributed by atoms with Crippen LogP contribution < -0.4 is 10.6 Å². The molecule has 30 heavy (non-hydrogen) atoms. The van der Waals surface area contributed by atoms with E-state index in [4.69, 9.17) is 0 Å². The first-order valence-electron chi connectivity index (χ1n) is 11.9. The van der Waals surface area contributed by atoms with Crippen molar-refractivity contribution >= 4 is 11.9 Å². The number of aliphatic imine (C=N–C) groups is 1. The predicted molar refractivity (Wildman–Crippen MR) is 117 cm³/mol. The standard InChI is InChI=1S/C22H37N7O/c1-23-22(25-18-12-15-28(16-18)21(30)17-8-4-5-9-17)24-13-7-11-20-27-26-19-10-3-2-6-14-29(19)20/h17-18H,2-16H2,1H3,(H2,23,24,25). The van der Waals surface area contributed by atoms with Gasteiger partial charge in [-0.25, -0.2) is 0 Å². The molecule has 3 heterocycles. The number of guanidine groups is 1. The van der Waals surface area contributed by atoms with Crippen molar-refractivity contribution < 1.29 is 4.79 Å². The number of aromatic nitrogens is 3. The van der Waals surface area contributed by atoms with Gasteiger partial charge in [-0.2, -0.15) is 0 Å². The van der Waals surface area contributed by atoms with Gasteiger partial charge in [-0.3, -0.25) is 9.79 Å². The third kappa shape index (κ3) is 5.13. The molecule has 1 amide bonds. The lowest BCUT2D eigenvalue weighted by Gasteiger charge is -2.21. The van der Waals surface area contributed by atoms with Crippen LogP contribution in [-0.2, 0) is 24.2 Å². The SMILES string of the molecule is CN=C(NCCCc1nnc2n1CCCCC2)NC1CCN(C(=O)C2CCCC2)C1.